The Morgan fingerprint density at radius 3 is 2.93 bits per heavy atom. The first kappa shape index (κ1) is 16.9. The van der Waals surface area contributed by atoms with Gasteiger partial charge >= 0.3 is 0 Å². The van der Waals surface area contributed by atoms with Crippen LogP contribution in [0.2, 0.25) is 0 Å². The lowest BCUT2D eigenvalue weighted by Gasteiger charge is -2.33. The second-order valence-electron chi connectivity index (χ2n) is 7.44. The Bertz CT molecular complexity index is 1180. The molecule has 2 aromatic heterocycles. The van der Waals surface area contributed by atoms with Gasteiger partial charge in [-0.25, -0.2) is 4.98 Å². The minimum atomic E-state index is 0.0992. The van der Waals surface area contributed by atoms with Gasteiger partial charge in [-0.1, -0.05) is 41.6 Å². The molecule has 0 spiro atoms. The maximum absolute atomic E-state index is 13.3. The average Bonchev–Trinajstić information content (AvgIpc) is 3.20. The van der Waals surface area contributed by atoms with Crippen LogP contribution in [0.25, 0.3) is 16.4 Å². The summed E-state index contributed by atoms with van der Waals surface area (Å²) in [6.07, 6.45) is 3.68. The molecule has 2 aromatic carbocycles. The van der Waals surface area contributed by atoms with Crippen LogP contribution < -0.4 is 0 Å². The molecular formula is C22H21N5O. The highest BCUT2D eigenvalue weighted by Crippen LogP contribution is 2.29. The summed E-state index contributed by atoms with van der Waals surface area (Å²) in [5.74, 6) is 0.320. The number of carbonyl (C=O) groups is 1. The second kappa shape index (κ2) is 6.71. The third-order valence-corrected chi connectivity index (χ3v) is 5.57. The topological polar surface area (TPSA) is 63.4 Å². The fourth-order valence-electron chi connectivity index (χ4n) is 4.25. The van der Waals surface area contributed by atoms with Crippen molar-refractivity contribution in [2.75, 3.05) is 13.1 Å². The molecule has 3 heterocycles. The molecule has 6 heteroatoms. The molecule has 1 atom stereocenters. The van der Waals surface area contributed by atoms with E-state index in [1.165, 1.54) is 0 Å². The van der Waals surface area contributed by atoms with E-state index in [1.807, 2.05) is 58.8 Å². The molecular weight excluding hydrogens is 350 g/mol. The molecule has 1 aliphatic rings. The lowest BCUT2D eigenvalue weighted by Crippen LogP contribution is -2.39. The second-order valence-corrected chi connectivity index (χ2v) is 7.44. The minimum absolute atomic E-state index is 0.0992. The first-order chi connectivity index (χ1) is 13.7. The van der Waals surface area contributed by atoms with E-state index >= 15 is 0 Å². The maximum Gasteiger partial charge on any atom is 0.254 e. The zero-order valence-corrected chi connectivity index (χ0v) is 15.7. The summed E-state index contributed by atoms with van der Waals surface area (Å²) in [6, 6.07) is 16.1. The Hall–Kier alpha value is -3.28. The zero-order valence-electron chi connectivity index (χ0n) is 15.7. The summed E-state index contributed by atoms with van der Waals surface area (Å²) in [6.45, 7) is 3.45. The molecule has 0 N–H and O–H groups in total. The van der Waals surface area contributed by atoms with Crippen molar-refractivity contribution in [3.05, 3.63) is 71.7 Å². The fraction of sp³-hybridized carbons (Fsp3) is 0.273. The highest BCUT2D eigenvalue weighted by Gasteiger charge is 2.28. The largest absolute Gasteiger partial charge is 0.338 e. The number of aryl methyl sites for hydroxylation is 1. The first-order valence-electron chi connectivity index (χ1n) is 9.66. The normalized spacial score (nSPS) is 17.3. The predicted molar refractivity (Wildman–Crippen MR) is 107 cm³/mol. The summed E-state index contributed by atoms with van der Waals surface area (Å²) < 4.78 is 1.81. The molecule has 5 rings (SSSR count). The number of likely N-dealkylation sites (tertiary alicyclic amines) is 1. The molecule has 4 aromatic rings. The van der Waals surface area contributed by atoms with E-state index in [4.69, 9.17) is 0 Å². The van der Waals surface area contributed by atoms with Gasteiger partial charge in [0.05, 0.1) is 11.9 Å². The molecule has 1 amide bonds. The van der Waals surface area contributed by atoms with Crippen LogP contribution in [0, 0.1) is 6.92 Å². The minimum Gasteiger partial charge on any atom is -0.338 e. The molecule has 0 bridgehead atoms. The van der Waals surface area contributed by atoms with Crippen molar-refractivity contribution in [3.8, 4) is 0 Å². The van der Waals surface area contributed by atoms with Gasteiger partial charge in [-0.2, -0.15) is 4.52 Å². The van der Waals surface area contributed by atoms with Gasteiger partial charge in [0.15, 0.2) is 5.65 Å². The van der Waals surface area contributed by atoms with Gasteiger partial charge in [-0.15, -0.1) is 5.10 Å². The van der Waals surface area contributed by atoms with Crippen LogP contribution in [-0.2, 0) is 0 Å². The molecule has 1 fully saturated rings. The maximum atomic E-state index is 13.3. The smallest absolute Gasteiger partial charge is 0.254 e. The number of hydrogen-bond donors (Lipinski definition) is 0. The lowest BCUT2D eigenvalue weighted by molar-refractivity contribution is 0.0707. The van der Waals surface area contributed by atoms with E-state index in [2.05, 4.69) is 21.4 Å². The average molecular weight is 371 g/mol. The summed E-state index contributed by atoms with van der Waals surface area (Å²) in [4.78, 5) is 19.8. The highest BCUT2D eigenvalue weighted by atomic mass is 16.2. The van der Waals surface area contributed by atoms with Crippen molar-refractivity contribution in [1.29, 1.82) is 0 Å². The molecule has 0 saturated carbocycles. The predicted octanol–water partition coefficient (Wildman–Crippen LogP) is 3.61. The number of nitrogens with zero attached hydrogens (tertiary/aromatic N) is 5. The van der Waals surface area contributed by atoms with Gasteiger partial charge < -0.3 is 4.90 Å². The van der Waals surface area contributed by atoms with Crippen LogP contribution in [0.4, 0.5) is 0 Å². The number of piperidine rings is 1. The molecule has 1 aliphatic heterocycles. The summed E-state index contributed by atoms with van der Waals surface area (Å²) in [5, 5.41) is 10.3. The number of fused-ring (bicyclic) bond motifs is 2. The van der Waals surface area contributed by atoms with E-state index in [0.29, 0.717) is 6.54 Å². The van der Waals surface area contributed by atoms with E-state index in [-0.39, 0.29) is 11.8 Å². The molecule has 6 nitrogen and oxygen atoms in total. The van der Waals surface area contributed by atoms with E-state index < -0.39 is 0 Å². The molecule has 0 radical (unpaired) electrons. The Morgan fingerprint density at radius 1 is 1.14 bits per heavy atom. The van der Waals surface area contributed by atoms with Crippen LogP contribution in [0.3, 0.4) is 0 Å². The number of amides is 1. The van der Waals surface area contributed by atoms with Crippen LogP contribution in [0.1, 0.15) is 40.5 Å². The summed E-state index contributed by atoms with van der Waals surface area (Å²) >= 11 is 0. The van der Waals surface area contributed by atoms with Gasteiger partial charge in [-0.3, -0.25) is 4.79 Å². The van der Waals surface area contributed by atoms with Crippen molar-refractivity contribution < 1.29 is 4.79 Å². The summed E-state index contributed by atoms with van der Waals surface area (Å²) in [5.41, 5.74) is 3.56. The van der Waals surface area contributed by atoms with Crippen molar-refractivity contribution in [3.63, 3.8) is 0 Å². The Kier molecular flexibility index (Phi) is 4.04. The third kappa shape index (κ3) is 2.81. The first-order valence-corrected chi connectivity index (χ1v) is 9.66. The highest BCUT2D eigenvalue weighted by molar-refractivity contribution is 6.07. The van der Waals surface area contributed by atoms with Gasteiger partial charge in [0.25, 0.3) is 5.91 Å². The van der Waals surface area contributed by atoms with Crippen LogP contribution in [0.15, 0.2) is 54.7 Å². The van der Waals surface area contributed by atoms with Crippen LogP contribution >= 0.6 is 0 Å². The monoisotopic (exact) mass is 371 g/mol. The van der Waals surface area contributed by atoms with E-state index in [9.17, 15) is 4.79 Å². The number of benzene rings is 2. The third-order valence-electron chi connectivity index (χ3n) is 5.57. The quantitative estimate of drug-likeness (QED) is 0.540. The molecule has 140 valence electrons. The Balaban J connectivity index is 1.48. The standard InChI is InChI=1S/C22H21N5O/c1-15-12-20(27-21(24-15)13-23-25-27)17-8-5-11-26(14-17)22(28)19-10-4-7-16-6-2-3-9-18(16)19/h2-4,6-7,9-10,12-13,17H,5,8,11,14H2,1H3. The molecule has 1 saturated heterocycles. The van der Waals surface area contributed by atoms with Gasteiger partial charge in [0.2, 0.25) is 0 Å². The number of carbonyl (C=O) groups excluding carboxylic acids is 1. The van der Waals surface area contributed by atoms with Crippen molar-refractivity contribution in [2.24, 2.45) is 0 Å². The molecule has 28 heavy (non-hydrogen) atoms. The Morgan fingerprint density at radius 2 is 2.00 bits per heavy atom. The zero-order chi connectivity index (χ0) is 19.1. The molecule has 0 aliphatic carbocycles. The van der Waals surface area contributed by atoms with E-state index in [0.717, 1.165) is 52.8 Å². The van der Waals surface area contributed by atoms with Crippen molar-refractivity contribution in [1.82, 2.24) is 24.7 Å². The number of aromatic nitrogens is 4. The summed E-state index contributed by atoms with van der Waals surface area (Å²) in [7, 11) is 0. The number of hydrogen-bond acceptors (Lipinski definition) is 4. The lowest BCUT2D eigenvalue weighted by atomic mass is 9.93. The fourth-order valence-corrected chi connectivity index (χ4v) is 4.25. The Labute approximate surface area is 162 Å². The molecule has 1 unspecified atom stereocenters. The van der Waals surface area contributed by atoms with Gasteiger partial charge in [-0.05, 0) is 42.7 Å². The van der Waals surface area contributed by atoms with E-state index in [1.54, 1.807) is 6.20 Å². The van der Waals surface area contributed by atoms with Crippen LogP contribution in [0.5, 0.6) is 0 Å². The SMILES string of the molecule is Cc1cc(C2CCCN(C(=O)c3cccc4ccccc34)C2)n2nncc2n1. The van der Waals surface area contributed by atoms with Crippen molar-refractivity contribution >= 4 is 22.3 Å². The van der Waals surface area contributed by atoms with Gasteiger partial charge in [0, 0.05) is 30.3 Å². The number of rotatable bonds is 2. The van der Waals surface area contributed by atoms with Crippen LogP contribution in [-0.4, -0.2) is 43.7 Å². The van der Waals surface area contributed by atoms with Gasteiger partial charge in [0.1, 0.15) is 0 Å². The van der Waals surface area contributed by atoms with Crippen molar-refractivity contribution in [2.45, 2.75) is 25.7 Å².